The molecule has 31 heavy (non-hydrogen) atoms. The standard InChI is InChI=1S/C23H35F2O5P/c1-10-29-31(27,11-2)30-23(24,25)19(26)13-12-16-14-17(21(3,4)5)15-18(20(16)28-9)22(6,7)8/h12-15H,10-11H2,1-9H3. The minimum atomic E-state index is -4.28. The van der Waals surface area contributed by atoms with Gasteiger partial charge in [0.05, 0.1) is 13.7 Å². The SMILES string of the molecule is CCOP(=O)(CC)OC(F)(F)C(=O)C=Cc1cc(C(C)(C)C)cc(C(C)(C)C)c1OC. The van der Waals surface area contributed by atoms with Crippen molar-refractivity contribution in [1.82, 2.24) is 0 Å². The number of halogens is 2. The smallest absolute Gasteiger partial charge is 0.427 e. The Kier molecular flexibility index (Phi) is 8.80. The first-order valence-corrected chi connectivity index (χ1v) is 12.0. The molecule has 0 aliphatic carbocycles. The van der Waals surface area contributed by atoms with Crippen molar-refractivity contribution in [3.05, 3.63) is 34.9 Å². The molecule has 176 valence electrons. The van der Waals surface area contributed by atoms with E-state index in [1.165, 1.54) is 27.0 Å². The first-order chi connectivity index (χ1) is 14.0. The lowest BCUT2D eigenvalue weighted by atomic mass is 9.79. The number of ether oxygens (including phenoxy) is 1. The monoisotopic (exact) mass is 460 g/mol. The summed E-state index contributed by atoms with van der Waals surface area (Å²) >= 11 is 0. The lowest BCUT2D eigenvalue weighted by Crippen LogP contribution is -2.30. The van der Waals surface area contributed by atoms with Gasteiger partial charge in [0.25, 0.3) is 5.78 Å². The molecular weight excluding hydrogens is 425 g/mol. The van der Waals surface area contributed by atoms with Crippen LogP contribution in [0.3, 0.4) is 0 Å². The molecule has 0 aliphatic heterocycles. The second kappa shape index (κ2) is 9.93. The molecule has 0 saturated heterocycles. The van der Waals surface area contributed by atoms with Gasteiger partial charge in [0.15, 0.2) is 0 Å². The summed E-state index contributed by atoms with van der Waals surface area (Å²) in [7, 11) is -2.58. The van der Waals surface area contributed by atoms with Crippen LogP contribution in [0.4, 0.5) is 8.78 Å². The molecule has 0 radical (unpaired) electrons. The highest BCUT2D eigenvalue weighted by Crippen LogP contribution is 2.52. The highest BCUT2D eigenvalue weighted by atomic mass is 31.2. The fraction of sp³-hybridized carbons (Fsp3) is 0.609. The molecule has 0 saturated carbocycles. The number of carbonyl (C=O) groups is 1. The van der Waals surface area contributed by atoms with Crippen LogP contribution in [0.25, 0.3) is 6.08 Å². The molecule has 1 rings (SSSR count). The highest BCUT2D eigenvalue weighted by Gasteiger charge is 2.45. The van der Waals surface area contributed by atoms with E-state index in [4.69, 9.17) is 9.26 Å². The predicted octanol–water partition coefficient (Wildman–Crippen LogP) is 6.73. The summed E-state index contributed by atoms with van der Waals surface area (Å²) in [4.78, 5) is 12.2. The summed E-state index contributed by atoms with van der Waals surface area (Å²) < 4.78 is 55.7. The minimum absolute atomic E-state index is 0.0718. The largest absolute Gasteiger partial charge is 0.496 e. The maximum atomic E-state index is 14.3. The third-order valence-corrected chi connectivity index (χ3v) is 6.60. The second-order valence-corrected chi connectivity index (χ2v) is 11.6. The van der Waals surface area contributed by atoms with E-state index >= 15 is 0 Å². The molecule has 0 bridgehead atoms. The van der Waals surface area contributed by atoms with Crippen LogP contribution in [0, 0.1) is 0 Å². The zero-order valence-electron chi connectivity index (χ0n) is 20.0. The van der Waals surface area contributed by atoms with Gasteiger partial charge in [-0.1, -0.05) is 54.5 Å². The second-order valence-electron chi connectivity index (χ2n) is 9.30. The molecule has 0 aromatic heterocycles. The Labute approximate surface area is 184 Å². The van der Waals surface area contributed by atoms with Crippen molar-refractivity contribution in [3.63, 3.8) is 0 Å². The lowest BCUT2D eigenvalue weighted by Gasteiger charge is -2.28. The average Bonchev–Trinajstić information content (AvgIpc) is 2.63. The number of alkyl halides is 2. The Morgan fingerprint density at radius 2 is 1.65 bits per heavy atom. The fourth-order valence-corrected chi connectivity index (χ4v) is 4.05. The molecule has 1 aromatic rings. The lowest BCUT2D eigenvalue weighted by molar-refractivity contribution is -0.188. The van der Waals surface area contributed by atoms with Gasteiger partial charge in [0.2, 0.25) is 0 Å². The van der Waals surface area contributed by atoms with Crippen molar-refractivity contribution < 1.29 is 31.9 Å². The van der Waals surface area contributed by atoms with Crippen LogP contribution in [0.15, 0.2) is 18.2 Å². The van der Waals surface area contributed by atoms with Gasteiger partial charge in [-0.05, 0) is 41.5 Å². The average molecular weight is 460 g/mol. The van der Waals surface area contributed by atoms with Gasteiger partial charge in [0, 0.05) is 17.3 Å². The number of rotatable bonds is 9. The first kappa shape index (κ1) is 27.5. The van der Waals surface area contributed by atoms with Gasteiger partial charge in [-0.15, -0.1) is 0 Å². The van der Waals surface area contributed by atoms with Crippen molar-refractivity contribution in [3.8, 4) is 5.75 Å². The summed E-state index contributed by atoms with van der Waals surface area (Å²) in [6, 6.07) is 3.85. The molecule has 1 unspecified atom stereocenters. The molecule has 0 spiro atoms. The van der Waals surface area contributed by atoms with Crippen LogP contribution in [-0.2, 0) is 29.2 Å². The number of hydrogen-bond acceptors (Lipinski definition) is 5. The van der Waals surface area contributed by atoms with Gasteiger partial charge >= 0.3 is 13.7 Å². The van der Waals surface area contributed by atoms with Crippen LogP contribution in [-0.4, -0.2) is 31.8 Å². The Balaban J connectivity index is 3.43. The molecule has 0 aliphatic rings. The number of hydrogen-bond donors (Lipinski definition) is 0. The van der Waals surface area contributed by atoms with E-state index in [0.29, 0.717) is 11.3 Å². The van der Waals surface area contributed by atoms with Crippen LogP contribution >= 0.6 is 7.60 Å². The van der Waals surface area contributed by atoms with Gasteiger partial charge in [-0.2, -0.15) is 8.78 Å². The van der Waals surface area contributed by atoms with Crippen molar-refractivity contribution in [2.24, 2.45) is 0 Å². The zero-order valence-corrected chi connectivity index (χ0v) is 20.9. The van der Waals surface area contributed by atoms with Crippen molar-refractivity contribution in [2.75, 3.05) is 19.9 Å². The Morgan fingerprint density at radius 1 is 1.06 bits per heavy atom. The first-order valence-electron chi connectivity index (χ1n) is 10.3. The van der Waals surface area contributed by atoms with Crippen LogP contribution in [0.5, 0.6) is 5.75 Å². The Bertz CT molecular complexity index is 864. The molecule has 0 fully saturated rings. The van der Waals surface area contributed by atoms with Gasteiger partial charge in [-0.25, -0.2) is 4.52 Å². The third kappa shape index (κ3) is 7.23. The van der Waals surface area contributed by atoms with Gasteiger partial charge < -0.3 is 9.26 Å². The van der Waals surface area contributed by atoms with E-state index in [-0.39, 0.29) is 23.6 Å². The van der Waals surface area contributed by atoms with E-state index in [2.05, 4.69) is 4.52 Å². The molecule has 0 amide bonds. The number of carbonyl (C=O) groups excluding carboxylic acids is 1. The summed E-state index contributed by atoms with van der Waals surface area (Å²) in [6.45, 7) is 15.0. The molecular formula is C23H35F2O5P. The van der Waals surface area contributed by atoms with Crippen LogP contribution in [0.2, 0.25) is 0 Å². The van der Waals surface area contributed by atoms with Gasteiger partial charge in [-0.3, -0.25) is 9.36 Å². The maximum Gasteiger partial charge on any atom is 0.427 e. The molecule has 5 nitrogen and oxygen atoms in total. The quantitative estimate of drug-likeness (QED) is 0.302. The van der Waals surface area contributed by atoms with E-state index in [0.717, 1.165) is 17.2 Å². The van der Waals surface area contributed by atoms with E-state index in [9.17, 15) is 18.1 Å². The van der Waals surface area contributed by atoms with Crippen LogP contribution in [0.1, 0.15) is 72.1 Å². The summed E-state index contributed by atoms with van der Waals surface area (Å²) in [5.41, 5.74) is 1.87. The summed E-state index contributed by atoms with van der Waals surface area (Å²) in [6.07, 6.45) is -2.55. The van der Waals surface area contributed by atoms with E-state index < -0.39 is 19.5 Å². The van der Waals surface area contributed by atoms with Crippen molar-refractivity contribution >= 4 is 19.5 Å². The molecule has 8 heteroatoms. The van der Waals surface area contributed by atoms with Crippen molar-refractivity contribution in [2.45, 2.75) is 72.3 Å². The third-order valence-electron chi connectivity index (χ3n) is 4.66. The Hall–Kier alpha value is -1.56. The van der Waals surface area contributed by atoms with Crippen LogP contribution < -0.4 is 4.74 Å². The molecule has 1 atom stereocenters. The zero-order chi connectivity index (χ0) is 24.3. The molecule has 0 heterocycles. The highest BCUT2D eigenvalue weighted by molar-refractivity contribution is 7.53. The number of ketones is 1. The maximum absolute atomic E-state index is 14.3. The topological polar surface area (TPSA) is 61.8 Å². The Morgan fingerprint density at radius 3 is 2.06 bits per heavy atom. The number of methoxy groups -OCH3 is 1. The van der Waals surface area contributed by atoms with E-state index in [1.54, 1.807) is 0 Å². The molecule has 1 aromatic carbocycles. The van der Waals surface area contributed by atoms with E-state index in [1.807, 2.05) is 53.7 Å². The van der Waals surface area contributed by atoms with Crippen molar-refractivity contribution in [1.29, 1.82) is 0 Å². The minimum Gasteiger partial charge on any atom is -0.496 e. The van der Waals surface area contributed by atoms with Gasteiger partial charge in [0.1, 0.15) is 5.75 Å². The predicted molar refractivity (Wildman–Crippen MR) is 120 cm³/mol. The molecule has 0 N–H and O–H groups in total. The summed E-state index contributed by atoms with van der Waals surface area (Å²) in [5.74, 6) is -1.12. The number of benzene rings is 1. The fourth-order valence-electron chi connectivity index (χ4n) is 2.85. The normalized spacial score (nSPS) is 15.2. The summed E-state index contributed by atoms with van der Waals surface area (Å²) in [5, 5.41) is 0.